The highest BCUT2D eigenvalue weighted by molar-refractivity contribution is 5.88. The third-order valence-corrected chi connectivity index (χ3v) is 7.91. The Balaban J connectivity index is 1.64. The normalized spacial score (nSPS) is 17.9. The molecular formula is C31H40N4. The molecule has 2 N–H and O–H groups in total. The molecule has 35 heavy (non-hydrogen) atoms. The van der Waals surface area contributed by atoms with E-state index in [9.17, 15) is 0 Å². The van der Waals surface area contributed by atoms with E-state index in [4.69, 9.17) is 9.98 Å². The van der Waals surface area contributed by atoms with E-state index in [2.05, 4.69) is 77.5 Å². The molecule has 2 aromatic rings. The van der Waals surface area contributed by atoms with Crippen LogP contribution in [0.15, 0.2) is 43.7 Å². The van der Waals surface area contributed by atoms with Gasteiger partial charge in [-0.05, 0) is 110 Å². The van der Waals surface area contributed by atoms with Crippen molar-refractivity contribution in [3.05, 3.63) is 78.7 Å². The summed E-state index contributed by atoms with van der Waals surface area (Å²) >= 11 is 0. The van der Waals surface area contributed by atoms with Crippen molar-refractivity contribution >= 4 is 24.6 Å². The molecule has 0 bridgehead atoms. The van der Waals surface area contributed by atoms with E-state index in [-0.39, 0.29) is 0 Å². The number of hydrogen-bond acceptors (Lipinski definition) is 2. The van der Waals surface area contributed by atoms with Crippen LogP contribution in [-0.2, 0) is 6.42 Å². The van der Waals surface area contributed by atoms with E-state index < -0.39 is 0 Å². The van der Waals surface area contributed by atoms with Crippen molar-refractivity contribution in [2.75, 3.05) is 0 Å². The molecule has 0 unspecified atom stereocenters. The predicted molar refractivity (Wildman–Crippen MR) is 151 cm³/mol. The molecule has 4 heteroatoms. The fraction of sp³-hybridized carbons (Fsp3) is 0.419. The molecule has 0 radical (unpaired) electrons. The molecule has 0 fully saturated rings. The summed E-state index contributed by atoms with van der Waals surface area (Å²) in [5.74, 6) is 0. The highest BCUT2D eigenvalue weighted by Crippen LogP contribution is 2.32. The number of allylic oxidation sites excluding steroid dienone is 4. The zero-order valence-electron chi connectivity index (χ0n) is 22.7. The molecule has 0 aromatic carbocycles. The maximum absolute atomic E-state index is 4.72. The van der Waals surface area contributed by atoms with Crippen molar-refractivity contribution in [1.29, 1.82) is 0 Å². The first-order valence-electron chi connectivity index (χ1n) is 13.1. The highest BCUT2D eigenvalue weighted by Gasteiger charge is 2.19. The van der Waals surface area contributed by atoms with Crippen LogP contribution >= 0.6 is 0 Å². The van der Waals surface area contributed by atoms with Gasteiger partial charge in [0.15, 0.2) is 0 Å². The summed E-state index contributed by atoms with van der Waals surface area (Å²) in [6.45, 7) is 17.7. The summed E-state index contributed by atoms with van der Waals surface area (Å²) in [6, 6.07) is 0. The Morgan fingerprint density at radius 3 is 1.34 bits per heavy atom. The number of hydrogen-bond donors (Lipinski definition) is 2. The molecule has 0 saturated carbocycles. The molecule has 2 aliphatic heterocycles. The van der Waals surface area contributed by atoms with Crippen molar-refractivity contribution in [1.82, 2.24) is 9.97 Å². The molecule has 4 rings (SSSR count). The number of rotatable bonds is 8. The lowest BCUT2D eigenvalue weighted by molar-refractivity contribution is 1.01. The lowest BCUT2D eigenvalue weighted by Gasteiger charge is -2.03. The zero-order valence-corrected chi connectivity index (χ0v) is 22.7. The standard InChI is InChI=1S/C31H40N4/c1-9-22-16-32-30(24(22)11-3)14-28-20(7)18(5)26(34-28)13-27-19(6)21(8)29(35-27)15-31-25(12-4)23(10-2)17-33-31/h14-17,34-35H,9-13H2,1-8H3/b30-14-,31-15?. The van der Waals surface area contributed by atoms with Crippen LogP contribution in [0, 0.1) is 27.7 Å². The summed E-state index contributed by atoms with van der Waals surface area (Å²) in [7, 11) is 0. The number of aromatic nitrogens is 2. The molecule has 4 nitrogen and oxygen atoms in total. The van der Waals surface area contributed by atoms with Crippen LogP contribution in [0.2, 0.25) is 0 Å². The van der Waals surface area contributed by atoms with Crippen molar-refractivity contribution in [3.8, 4) is 0 Å². The van der Waals surface area contributed by atoms with Crippen LogP contribution in [0.25, 0.3) is 12.2 Å². The Labute approximate surface area is 210 Å². The minimum atomic E-state index is 0.853. The summed E-state index contributed by atoms with van der Waals surface area (Å²) in [5, 5.41) is 0. The van der Waals surface area contributed by atoms with Crippen LogP contribution in [0.3, 0.4) is 0 Å². The van der Waals surface area contributed by atoms with E-state index in [0.717, 1.165) is 43.5 Å². The molecule has 0 spiro atoms. The van der Waals surface area contributed by atoms with Gasteiger partial charge < -0.3 is 9.97 Å². The average Bonchev–Trinajstić information content (AvgIpc) is 3.58. The highest BCUT2D eigenvalue weighted by atomic mass is 14.8. The Bertz CT molecular complexity index is 1230. The molecule has 0 aliphatic carbocycles. The lowest BCUT2D eigenvalue weighted by Crippen LogP contribution is -1.94. The number of nitrogens with zero attached hydrogens (tertiary/aromatic N) is 2. The van der Waals surface area contributed by atoms with Crippen molar-refractivity contribution in [2.45, 2.75) is 87.5 Å². The van der Waals surface area contributed by atoms with Crippen LogP contribution in [0.4, 0.5) is 0 Å². The first kappa shape index (κ1) is 25.0. The van der Waals surface area contributed by atoms with Gasteiger partial charge in [-0.15, -0.1) is 0 Å². The van der Waals surface area contributed by atoms with Crippen LogP contribution < -0.4 is 0 Å². The second-order valence-corrected chi connectivity index (χ2v) is 9.71. The number of aromatic amines is 2. The van der Waals surface area contributed by atoms with Crippen molar-refractivity contribution in [3.63, 3.8) is 0 Å². The van der Waals surface area contributed by atoms with Gasteiger partial charge in [0.25, 0.3) is 0 Å². The SMILES string of the molecule is CCC1=C(CC)C(=Cc2[nH]c(Cc3[nH]c(/C=C4\N=CC(CC)=C4CC)c(C)c3C)c(C)c2C)N=C1. The maximum atomic E-state index is 4.72. The topological polar surface area (TPSA) is 56.3 Å². The van der Waals surface area contributed by atoms with E-state index in [1.165, 1.54) is 67.3 Å². The van der Waals surface area contributed by atoms with Gasteiger partial charge in [-0.3, -0.25) is 9.98 Å². The van der Waals surface area contributed by atoms with Gasteiger partial charge in [0.1, 0.15) is 0 Å². The summed E-state index contributed by atoms with van der Waals surface area (Å²) in [6.07, 6.45) is 13.5. The maximum Gasteiger partial charge on any atom is 0.0685 e. The molecule has 0 atom stereocenters. The quantitative estimate of drug-likeness (QED) is 0.392. The first-order valence-corrected chi connectivity index (χ1v) is 13.1. The third-order valence-electron chi connectivity index (χ3n) is 7.91. The second kappa shape index (κ2) is 10.2. The van der Waals surface area contributed by atoms with E-state index >= 15 is 0 Å². The second-order valence-electron chi connectivity index (χ2n) is 9.71. The smallest absolute Gasteiger partial charge is 0.0685 e. The Kier molecular flexibility index (Phi) is 7.30. The Morgan fingerprint density at radius 2 is 1.00 bits per heavy atom. The molecule has 0 amide bonds. The largest absolute Gasteiger partial charge is 0.358 e. The van der Waals surface area contributed by atoms with E-state index in [1.54, 1.807) is 0 Å². The molecule has 184 valence electrons. The van der Waals surface area contributed by atoms with E-state index in [1.807, 2.05) is 12.4 Å². The van der Waals surface area contributed by atoms with Crippen LogP contribution in [-0.4, -0.2) is 22.4 Å². The minimum Gasteiger partial charge on any atom is -0.358 e. The lowest BCUT2D eigenvalue weighted by atomic mass is 10.0. The molecule has 2 aliphatic rings. The molecule has 2 aromatic heterocycles. The van der Waals surface area contributed by atoms with Gasteiger partial charge >= 0.3 is 0 Å². The fourth-order valence-corrected chi connectivity index (χ4v) is 5.26. The van der Waals surface area contributed by atoms with Crippen LogP contribution in [0.1, 0.15) is 98.4 Å². The van der Waals surface area contributed by atoms with Gasteiger partial charge in [-0.25, -0.2) is 0 Å². The molecular weight excluding hydrogens is 428 g/mol. The van der Waals surface area contributed by atoms with E-state index in [0.29, 0.717) is 0 Å². The van der Waals surface area contributed by atoms with Gasteiger partial charge in [-0.1, -0.05) is 27.7 Å². The Morgan fingerprint density at radius 1 is 0.600 bits per heavy atom. The fourth-order valence-electron chi connectivity index (χ4n) is 5.26. The number of aliphatic imine (C=N–C) groups is 2. The summed E-state index contributed by atoms with van der Waals surface area (Å²) in [4.78, 5) is 16.9. The third kappa shape index (κ3) is 4.59. The monoisotopic (exact) mass is 468 g/mol. The van der Waals surface area contributed by atoms with Crippen molar-refractivity contribution in [2.24, 2.45) is 9.98 Å². The first-order chi connectivity index (χ1) is 16.8. The number of H-pyrrole nitrogens is 2. The Hall–Kier alpha value is -3.14. The minimum absolute atomic E-state index is 0.853. The molecule has 0 saturated heterocycles. The molecule has 4 heterocycles. The zero-order chi connectivity index (χ0) is 25.3. The number of nitrogens with one attached hydrogen (secondary N) is 2. The summed E-state index contributed by atoms with van der Waals surface area (Å²) in [5.41, 5.74) is 17.8. The predicted octanol–water partition coefficient (Wildman–Crippen LogP) is 8.25. The van der Waals surface area contributed by atoms with Gasteiger partial charge in [-0.2, -0.15) is 0 Å². The van der Waals surface area contributed by atoms with Gasteiger partial charge in [0.2, 0.25) is 0 Å². The van der Waals surface area contributed by atoms with Gasteiger partial charge in [0, 0.05) is 41.6 Å². The van der Waals surface area contributed by atoms with Gasteiger partial charge in [0.05, 0.1) is 11.4 Å². The van der Waals surface area contributed by atoms with Crippen LogP contribution in [0.5, 0.6) is 0 Å². The van der Waals surface area contributed by atoms with Crippen molar-refractivity contribution < 1.29 is 0 Å². The summed E-state index contributed by atoms with van der Waals surface area (Å²) < 4.78 is 0. The average molecular weight is 469 g/mol.